The van der Waals surface area contributed by atoms with Crippen LogP contribution in [0.4, 0.5) is 16.4 Å². The Labute approximate surface area is 214 Å². The molecule has 3 aromatic carbocycles. The minimum atomic E-state index is -4.08. The van der Waals surface area contributed by atoms with Crippen LogP contribution in [0.2, 0.25) is 0 Å². The Morgan fingerprint density at radius 2 is 1.64 bits per heavy atom. The van der Waals surface area contributed by atoms with Crippen LogP contribution >= 0.6 is 11.3 Å². The van der Waals surface area contributed by atoms with E-state index >= 15 is 0 Å². The molecule has 0 fully saturated rings. The number of aryl methyl sites for hydroxylation is 2. The standard InChI is InChI=1S/C27H26N2O5S2/c1-16-9-14-22(17(2)15-16)36(31,32)26-23(28)25(24(30)18-10-12-19(33-3)13-11-18)35-27(26)29-20-7-5-6-8-21(20)34-4/h5-15,29H,28H2,1-4H3. The van der Waals surface area contributed by atoms with Gasteiger partial charge in [-0.2, -0.15) is 0 Å². The van der Waals surface area contributed by atoms with E-state index < -0.39 is 9.84 Å². The second-order valence-electron chi connectivity index (χ2n) is 8.16. The van der Waals surface area contributed by atoms with Gasteiger partial charge < -0.3 is 20.5 Å². The number of nitrogen functional groups attached to an aromatic ring is 1. The molecule has 0 saturated heterocycles. The fourth-order valence-electron chi connectivity index (χ4n) is 3.90. The van der Waals surface area contributed by atoms with Crippen molar-refractivity contribution in [2.75, 3.05) is 25.3 Å². The van der Waals surface area contributed by atoms with E-state index in [1.54, 1.807) is 73.7 Å². The first kappa shape index (κ1) is 25.3. The lowest BCUT2D eigenvalue weighted by atomic mass is 10.1. The van der Waals surface area contributed by atoms with E-state index in [-0.39, 0.29) is 31.1 Å². The number of ketones is 1. The van der Waals surface area contributed by atoms with Gasteiger partial charge in [-0.3, -0.25) is 4.79 Å². The zero-order valence-electron chi connectivity index (χ0n) is 20.3. The summed E-state index contributed by atoms with van der Waals surface area (Å²) < 4.78 is 38.5. The molecule has 4 aromatic rings. The number of hydrogen-bond donors (Lipinski definition) is 2. The molecule has 0 unspecified atom stereocenters. The van der Waals surface area contributed by atoms with Gasteiger partial charge in [-0.15, -0.1) is 11.3 Å². The van der Waals surface area contributed by atoms with Crippen LogP contribution in [0.5, 0.6) is 11.5 Å². The Morgan fingerprint density at radius 3 is 2.28 bits per heavy atom. The van der Waals surface area contributed by atoms with Crippen LogP contribution in [-0.4, -0.2) is 28.4 Å². The van der Waals surface area contributed by atoms with Crippen molar-refractivity contribution in [2.24, 2.45) is 0 Å². The number of carbonyl (C=O) groups is 1. The minimum Gasteiger partial charge on any atom is -0.497 e. The zero-order valence-corrected chi connectivity index (χ0v) is 21.9. The molecule has 4 rings (SSSR count). The van der Waals surface area contributed by atoms with Crippen molar-refractivity contribution in [2.45, 2.75) is 23.6 Å². The number of sulfone groups is 1. The van der Waals surface area contributed by atoms with Crippen LogP contribution in [0, 0.1) is 13.8 Å². The van der Waals surface area contributed by atoms with Gasteiger partial charge in [-0.05, 0) is 61.9 Å². The van der Waals surface area contributed by atoms with Crippen molar-refractivity contribution >= 4 is 43.3 Å². The summed E-state index contributed by atoms with van der Waals surface area (Å²) in [5, 5.41) is 3.38. The second kappa shape index (κ2) is 10.0. The van der Waals surface area contributed by atoms with Crippen LogP contribution in [0.25, 0.3) is 0 Å². The summed E-state index contributed by atoms with van der Waals surface area (Å²) in [6.45, 7) is 3.63. The highest BCUT2D eigenvalue weighted by molar-refractivity contribution is 7.92. The van der Waals surface area contributed by atoms with Gasteiger partial charge in [0.2, 0.25) is 15.6 Å². The van der Waals surface area contributed by atoms with E-state index in [0.29, 0.717) is 28.3 Å². The highest BCUT2D eigenvalue weighted by Crippen LogP contribution is 2.45. The Kier molecular flexibility index (Phi) is 7.05. The van der Waals surface area contributed by atoms with Gasteiger partial charge in [-0.25, -0.2) is 8.42 Å². The van der Waals surface area contributed by atoms with Crippen molar-refractivity contribution in [1.82, 2.24) is 0 Å². The van der Waals surface area contributed by atoms with E-state index in [0.717, 1.165) is 16.9 Å². The summed E-state index contributed by atoms with van der Waals surface area (Å²) in [4.78, 5) is 13.5. The maximum atomic E-state index is 13.9. The first-order valence-electron chi connectivity index (χ1n) is 11.0. The Bertz CT molecular complexity index is 1540. The van der Waals surface area contributed by atoms with Crippen LogP contribution in [0.1, 0.15) is 26.4 Å². The van der Waals surface area contributed by atoms with Crippen LogP contribution in [0.15, 0.2) is 76.5 Å². The molecule has 0 spiro atoms. The van der Waals surface area contributed by atoms with Crippen molar-refractivity contribution < 1.29 is 22.7 Å². The third-order valence-corrected chi connectivity index (χ3v) is 8.95. The summed E-state index contributed by atoms with van der Waals surface area (Å²) in [5.74, 6) is 0.731. The zero-order chi connectivity index (χ0) is 26.0. The van der Waals surface area contributed by atoms with Crippen molar-refractivity contribution in [1.29, 1.82) is 0 Å². The molecule has 9 heteroatoms. The molecule has 1 heterocycles. The molecule has 0 saturated carbocycles. The van der Waals surface area contributed by atoms with Gasteiger partial charge in [0.25, 0.3) is 0 Å². The summed E-state index contributed by atoms with van der Waals surface area (Å²) in [6.07, 6.45) is 0. The number of benzene rings is 3. The molecule has 0 radical (unpaired) electrons. The van der Waals surface area contributed by atoms with E-state index in [4.69, 9.17) is 15.2 Å². The molecular weight excluding hydrogens is 496 g/mol. The van der Waals surface area contributed by atoms with Gasteiger partial charge in [0.15, 0.2) is 0 Å². The molecule has 0 bridgehead atoms. The highest BCUT2D eigenvalue weighted by atomic mass is 32.2. The third kappa shape index (κ3) is 4.67. The molecule has 0 aliphatic heterocycles. The van der Waals surface area contributed by atoms with Gasteiger partial charge in [0.05, 0.1) is 30.5 Å². The molecule has 0 atom stereocenters. The summed E-state index contributed by atoms with van der Waals surface area (Å²) >= 11 is 0.992. The number of para-hydroxylation sites is 2. The molecule has 0 aliphatic rings. The molecule has 36 heavy (non-hydrogen) atoms. The third-order valence-electron chi connectivity index (χ3n) is 5.70. The number of carbonyl (C=O) groups excluding carboxylic acids is 1. The number of nitrogens with one attached hydrogen (secondary N) is 1. The van der Waals surface area contributed by atoms with Crippen LogP contribution < -0.4 is 20.5 Å². The van der Waals surface area contributed by atoms with E-state index in [2.05, 4.69) is 5.32 Å². The quantitative estimate of drug-likeness (QED) is 0.283. The predicted octanol–water partition coefficient (Wildman–Crippen LogP) is 5.77. The Balaban J connectivity index is 1.91. The molecule has 1 aromatic heterocycles. The Hall–Kier alpha value is -3.82. The highest BCUT2D eigenvalue weighted by Gasteiger charge is 2.33. The maximum Gasteiger partial charge on any atom is 0.211 e. The van der Waals surface area contributed by atoms with E-state index in [9.17, 15) is 13.2 Å². The molecule has 0 aliphatic carbocycles. The van der Waals surface area contributed by atoms with Crippen LogP contribution in [0.3, 0.4) is 0 Å². The number of ether oxygens (including phenoxy) is 2. The number of anilines is 3. The number of hydrogen-bond acceptors (Lipinski definition) is 8. The fraction of sp³-hybridized carbons (Fsp3) is 0.148. The van der Waals surface area contributed by atoms with E-state index in [1.807, 2.05) is 6.92 Å². The molecule has 7 nitrogen and oxygen atoms in total. The lowest BCUT2D eigenvalue weighted by molar-refractivity contribution is 0.104. The average molecular weight is 523 g/mol. The number of rotatable bonds is 8. The monoisotopic (exact) mass is 522 g/mol. The maximum absolute atomic E-state index is 13.9. The van der Waals surface area contributed by atoms with Crippen molar-refractivity contribution in [3.63, 3.8) is 0 Å². The SMILES string of the molecule is COc1ccc(C(=O)c2sc(Nc3ccccc3OC)c(S(=O)(=O)c3ccc(C)cc3C)c2N)cc1. The summed E-state index contributed by atoms with van der Waals surface area (Å²) in [7, 11) is -1.02. The first-order chi connectivity index (χ1) is 17.2. The summed E-state index contributed by atoms with van der Waals surface area (Å²) in [6, 6.07) is 18.8. The molecular formula is C27H26N2O5S2. The fourth-order valence-corrected chi connectivity index (χ4v) is 7.05. The lowest BCUT2D eigenvalue weighted by Gasteiger charge is -2.13. The topological polar surface area (TPSA) is 108 Å². The van der Waals surface area contributed by atoms with E-state index in [1.165, 1.54) is 14.2 Å². The largest absolute Gasteiger partial charge is 0.497 e. The molecule has 186 valence electrons. The summed E-state index contributed by atoms with van der Waals surface area (Å²) in [5.41, 5.74) is 8.78. The first-order valence-corrected chi connectivity index (χ1v) is 13.3. The molecule has 0 amide bonds. The molecule has 3 N–H and O–H groups in total. The number of methoxy groups -OCH3 is 2. The van der Waals surface area contributed by atoms with Gasteiger partial charge in [-0.1, -0.05) is 29.8 Å². The van der Waals surface area contributed by atoms with Gasteiger partial charge >= 0.3 is 0 Å². The Morgan fingerprint density at radius 1 is 0.944 bits per heavy atom. The normalized spacial score (nSPS) is 11.2. The van der Waals surface area contributed by atoms with Gasteiger partial charge in [0, 0.05) is 5.56 Å². The van der Waals surface area contributed by atoms with Crippen molar-refractivity contribution in [3.05, 3.63) is 88.3 Å². The minimum absolute atomic E-state index is 0.0989. The van der Waals surface area contributed by atoms with Gasteiger partial charge in [0.1, 0.15) is 26.3 Å². The predicted molar refractivity (Wildman–Crippen MR) is 143 cm³/mol. The van der Waals surface area contributed by atoms with Crippen LogP contribution in [-0.2, 0) is 9.84 Å². The number of nitrogens with two attached hydrogens (primary N) is 1. The number of thiophene rings is 1. The average Bonchev–Trinajstić information content (AvgIpc) is 3.20. The second-order valence-corrected chi connectivity index (χ2v) is 11.0. The smallest absolute Gasteiger partial charge is 0.211 e. The van der Waals surface area contributed by atoms with Crippen molar-refractivity contribution in [3.8, 4) is 11.5 Å². The lowest BCUT2D eigenvalue weighted by Crippen LogP contribution is -2.09.